The summed E-state index contributed by atoms with van der Waals surface area (Å²) in [6, 6.07) is 13.9. The molecule has 3 rings (SSSR count). The van der Waals surface area contributed by atoms with Gasteiger partial charge in [-0.2, -0.15) is 5.10 Å². The number of ether oxygens (including phenoxy) is 4. The Morgan fingerprint density at radius 3 is 2.22 bits per heavy atom. The van der Waals surface area contributed by atoms with Crippen LogP contribution in [0.5, 0.6) is 5.75 Å². The van der Waals surface area contributed by atoms with Gasteiger partial charge in [-0.15, -0.1) is 0 Å². The van der Waals surface area contributed by atoms with Crippen LogP contribution in [0.15, 0.2) is 48.5 Å². The van der Waals surface area contributed by atoms with Crippen molar-refractivity contribution >= 4 is 17.9 Å². The number of nitrogens with zero attached hydrogens (tertiary/aromatic N) is 2. The summed E-state index contributed by atoms with van der Waals surface area (Å²) in [6.07, 6.45) is 0. The molecule has 166 valence electrons. The number of hydrogen-bond donors (Lipinski definition) is 0. The number of benzene rings is 2. The maximum absolute atomic E-state index is 12.7. The summed E-state index contributed by atoms with van der Waals surface area (Å²) in [5.41, 5.74) is 1.69. The highest BCUT2D eigenvalue weighted by Gasteiger charge is 2.31. The minimum atomic E-state index is -0.750. The summed E-state index contributed by atoms with van der Waals surface area (Å²) >= 11 is 0. The second kappa shape index (κ2) is 9.78. The molecule has 1 aromatic heterocycles. The molecule has 0 saturated carbocycles. The Labute approximate surface area is 184 Å². The van der Waals surface area contributed by atoms with Gasteiger partial charge < -0.3 is 18.9 Å². The van der Waals surface area contributed by atoms with E-state index in [9.17, 15) is 14.4 Å². The zero-order valence-electron chi connectivity index (χ0n) is 18.1. The molecule has 0 aliphatic heterocycles. The van der Waals surface area contributed by atoms with E-state index in [1.807, 2.05) is 6.07 Å². The highest BCUT2D eigenvalue weighted by atomic mass is 16.5. The molecular weight excluding hydrogens is 416 g/mol. The molecule has 0 aliphatic carbocycles. The van der Waals surface area contributed by atoms with Gasteiger partial charge in [0.05, 0.1) is 27.0 Å². The summed E-state index contributed by atoms with van der Waals surface area (Å²) in [5.74, 6) is -1.46. The fraction of sp³-hybridized carbons (Fsp3) is 0.217. The van der Waals surface area contributed by atoms with E-state index in [0.717, 1.165) is 0 Å². The van der Waals surface area contributed by atoms with Crippen LogP contribution in [0.25, 0.3) is 16.9 Å². The maximum Gasteiger partial charge on any atom is 0.357 e. The second-order valence-corrected chi connectivity index (χ2v) is 6.61. The van der Waals surface area contributed by atoms with Crippen LogP contribution in [0, 0.1) is 0 Å². The Morgan fingerprint density at radius 2 is 1.62 bits per heavy atom. The Morgan fingerprint density at radius 1 is 0.938 bits per heavy atom. The molecule has 0 amide bonds. The lowest BCUT2D eigenvalue weighted by molar-refractivity contribution is -0.142. The Bertz CT molecular complexity index is 1150. The quantitative estimate of drug-likeness (QED) is 0.409. The van der Waals surface area contributed by atoms with Crippen molar-refractivity contribution in [1.29, 1.82) is 0 Å². The van der Waals surface area contributed by atoms with Crippen molar-refractivity contribution < 1.29 is 33.3 Å². The maximum atomic E-state index is 12.7. The first-order valence-electron chi connectivity index (χ1n) is 9.57. The third-order valence-electron chi connectivity index (χ3n) is 4.64. The van der Waals surface area contributed by atoms with E-state index in [-0.39, 0.29) is 23.6 Å². The molecule has 0 N–H and O–H groups in total. The van der Waals surface area contributed by atoms with Crippen molar-refractivity contribution in [2.75, 3.05) is 21.3 Å². The summed E-state index contributed by atoms with van der Waals surface area (Å²) < 4.78 is 21.6. The van der Waals surface area contributed by atoms with E-state index in [1.54, 1.807) is 42.5 Å². The Hall–Kier alpha value is -4.14. The van der Waals surface area contributed by atoms with Gasteiger partial charge in [-0.3, -0.25) is 4.79 Å². The Kier molecular flexibility index (Phi) is 6.89. The predicted octanol–water partition coefficient (Wildman–Crippen LogP) is 3.18. The van der Waals surface area contributed by atoms with Crippen LogP contribution in [0.3, 0.4) is 0 Å². The van der Waals surface area contributed by atoms with Gasteiger partial charge in [0.15, 0.2) is 5.69 Å². The first-order valence-corrected chi connectivity index (χ1v) is 9.57. The Balaban J connectivity index is 2.27. The fourth-order valence-electron chi connectivity index (χ4n) is 3.17. The summed E-state index contributed by atoms with van der Waals surface area (Å²) in [7, 11) is 3.93. The summed E-state index contributed by atoms with van der Waals surface area (Å²) in [6.45, 7) is 1.26. The minimum Gasteiger partial charge on any atom is -0.496 e. The van der Waals surface area contributed by atoms with Gasteiger partial charge in [-0.1, -0.05) is 18.2 Å². The van der Waals surface area contributed by atoms with Crippen LogP contribution in [-0.4, -0.2) is 49.0 Å². The normalized spacial score (nSPS) is 10.4. The lowest BCUT2D eigenvalue weighted by atomic mass is 10.0. The molecule has 0 atom stereocenters. The van der Waals surface area contributed by atoms with Gasteiger partial charge in [0, 0.05) is 18.1 Å². The first kappa shape index (κ1) is 22.5. The highest BCUT2D eigenvalue weighted by Crippen LogP contribution is 2.32. The van der Waals surface area contributed by atoms with E-state index in [4.69, 9.17) is 18.9 Å². The molecule has 0 unspecified atom stereocenters. The van der Waals surface area contributed by atoms with Crippen LogP contribution in [0.2, 0.25) is 0 Å². The predicted molar refractivity (Wildman–Crippen MR) is 114 cm³/mol. The average Bonchev–Trinajstić information content (AvgIpc) is 3.22. The largest absolute Gasteiger partial charge is 0.496 e. The molecule has 0 aliphatic rings. The zero-order chi connectivity index (χ0) is 23.3. The molecule has 9 heteroatoms. The molecule has 32 heavy (non-hydrogen) atoms. The van der Waals surface area contributed by atoms with E-state index in [1.165, 1.54) is 32.9 Å². The van der Waals surface area contributed by atoms with Crippen molar-refractivity contribution in [3.8, 4) is 22.7 Å². The van der Waals surface area contributed by atoms with Gasteiger partial charge in [-0.05, 0) is 30.3 Å². The number of esters is 3. The number of hydrogen-bond acceptors (Lipinski definition) is 8. The highest BCUT2D eigenvalue weighted by molar-refractivity contribution is 6.06. The lowest BCUT2D eigenvalue weighted by Gasteiger charge is -2.10. The van der Waals surface area contributed by atoms with Crippen LogP contribution >= 0.6 is 0 Å². The van der Waals surface area contributed by atoms with Crippen LogP contribution in [-0.2, 0) is 25.6 Å². The van der Waals surface area contributed by atoms with E-state index in [0.29, 0.717) is 22.6 Å². The molecule has 2 aromatic carbocycles. The van der Waals surface area contributed by atoms with E-state index >= 15 is 0 Å². The minimum absolute atomic E-state index is 0.0385. The molecule has 0 saturated heterocycles. The van der Waals surface area contributed by atoms with Crippen molar-refractivity contribution in [2.24, 2.45) is 0 Å². The number of carbonyl (C=O) groups is 3. The van der Waals surface area contributed by atoms with Gasteiger partial charge in [-0.25, -0.2) is 14.3 Å². The number of carbonyl (C=O) groups excluding carboxylic acids is 3. The smallest absolute Gasteiger partial charge is 0.357 e. The average molecular weight is 438 g/mol. The molecule has 0 spiro atoms. The first-order chi connectivity index (χ1) is 15.4. The topological polar surface area (TPSA) is 106 Å². The van der Waals surface area contributed by atoms with E-state index < -0.39 is 17.9 Å². The van der Waals surface area contributed by atoms with Crippen molar-refractivity contribution in [3.63, 3.8) is 0 Å². The molecule has 9 nitrogen and oxygen atoms in total. The molecular formula is C23H22N2O7. The van der Waals surface area contributed by atoms with Gasteiger partial charge in [0.25, 0.3) is 0 Å². The monoisotopic (exact) mass is 438 g/mol. The van der Waals surface area contributed by atoms with Crippen molar-refractivity contribution in [2.45, 2.75) is 13.5 Å². The molecule has 3 aromatic rings. The van der Waals surface area contributed by atoms with Gasteiger partial charge in [0.2, 0.25) is 0 Å². The number of rotatable bonds is 7. The number of methoxy groups -OCH3 is 3. The molecule has 1 heterocycles. The zero-order valence-corrected chi connectivity index (χ0v) is 18.1. The molecule has 0 radical (unpaired) electrons. The van der Waals surface area contributed by atoms with Crippen LogP contribution in [0.4, 0.5) is 0 Å². The van der Waals surface area contributed by atoms with Crippen molar-refractivity contribution in [1.82, 2.24) is 9.78 Å². The number of para-hydroxylation sites is 1. The van der Waals surface area contributed by atoms with Crippen LogP contribution < -0.4 is 4.74 Å². The lowest BCUT2D eigenvalue weighted by Crippen LogP contribution is -2.15. The standard InChI is InChI=1S/C23H22N2O7/c1-14(26)32-13-16-12-15(10-11-18(16)29-2)20-19(22(27)30-3)21(23(28)31-4)25(24-20)17-8-6-5-7-9-17/h5-12H,13H2,1-4H3. The summed E-state index contributed by atoms with van der Waals surface area (Å²) in [5, 5.41) is 4.55. The van der Waals surface area contributed by atoms with E-state index in [2.05, 4.69) is 5.10 Å². The molecule has 0 bridgehead atoms. The third-order valence-corrected chi connectivity index (χ3v) is 4.64. The second-order valence-electron chi connectivity index (χ2n) is 6.61. The fourth-order valence-corrected chi connectivity index (χ4v) is 3.17. The number of aromatic nitrogens is 2. The summed E-state index contributed by atoms with van der Waals surface area (Å²) in [4.78, 5) is 36.7. The van der Waals surface area contributed by atoms with Gasteiger partial charge in [0.1, 0.15) is 23.6 Å². The van der Waals surface area contributed by atoms with Crippen LogP contribution in [0.1, 0.15) is 33.3 Å². The SMILES string of the molecule is COC(=O)c1c(-c2ccc(OC)c(COC(C)=O)c2)nn(-c2ccccc2)c1C(=O)OC. The van der Waals surface area contributed by atoms with Crippen molar-refractivity contribution in [3.05, 3.63) is 65.4 Å². The third kappa shape index (κ3) is 4.46. The van der Waals surface area contributed by atoms with Gasteiger partial charge >= 0.3 is 17.9 Å². The molecule has 0 fully saturated rings.